The lowest BCUT2D eigenvalue weighted by molar-refractivity contribution is -0.245. The molecule has 0 radical (unpaired) electrons. The van der Waals surface area contributed by atoms with Crippen molar-refractivity contribution in [1.29, 1.82) is 0 Å². The number of carbonyl (C=O) groups excluding carboxylic acids is 1. The Morgan fingerprint density at radius 1 is 1.12 bits per heavy atom. The summed E-state index contributed by atoms with van der Waals surface area (Å²) in [5.41, 5.74) is -0.418. The molecule has 32 heavy (non-hydrogen) atoms. The molecule has 7 nitrogen and oxygen atoms in total. The van der Waals surface area contributed by atoms with Crippen molar-refractivity contribution in [3.05, 3.63) is 43.0 Å². The maximum atomic E-state index is 12.8. The number of ether oxygens (including phenoxy) is 6. The van der Waals surface area contributed by atoms with Crippen LogP contribution in [0.5, 0.6) is 17.2 Å². The third-order valence-electron chi connectivity index (χ3n) is 7.13. The summed E-state index contributed by atoms with van der Waals surface area (Å²) >= 11 is 0. The van der Waals surface area contributed by atoms with E-state index in [9.17, 15) is 4.79 Å². The van der Waals surface area contributed by atoms with Crippen molar-refractivity contribution in [1.82, 2.24) is 0 Å². The van der Waals surface area contributed by atoms with E-state index in [0.717, 1.165) is 5.56 Å². The van der Waals surface area contributed by atoms with E-state index in [4.69, 9.17) is 28.4 Å². The van der Waals surface area contributed by atoms with Crippen molar-refractivity contribution in [2.75, 3.05) is 13.6 Å². The largest absolute Gasteiger partial charge is 0.485 e. The summed E-state index contributed by atoms with van der Waals surface area (Å²) in [6.45, 7) is 12.0. The van der Waals surface area contributed by atoms with E-state index in [-0.39, 0.29) is 37.8 Å². The zero-order valence-electron chi connectivity index (χ0n) is 18.7. The fourth-order valence-electron chi connectivity index (χ4n) is 5.37. The van der Waals surface area contributed by atoms with Gasteiger partial charge in [-0.2, -0.15) is 0 Å². The number of hydrogen-bond donors (Lipinski definition) is 0. The molecule has 7 heteroatoms. The zero-order valence-corrected chi connectivity index (χ0v) is 18.7. The number of rotatable bonds is 7. The van der Waals surface area contributed by atoms with Crippen LogP contribution in [0.4, 0.5) is 0 Å². The van der Waals surface area contributed by atoms with Crippen LogP contribution in [-0.4, -0.2) is 42.5 Å². The molecule has 172 valence electrons. The quantitative estimate of drug-likeness (QED) is 0.589. The first-order valence-corrected chi connectivity index (χ1v) is 11.1. The van der Waals surface area contributed by atoms with Gasteiger partial charge in [-0.15, -0.1) is 13.2 Å². The maximum absolute atomic E-state index is 12.8. The van der Waals surface area contributed by atoms with Crippen LogP contribution in [0.15, 0.2) is 37.4 Å². The molecule has 3 aliphatic heterocycles. The highest BCUT2D eigenvalue weighted by molar-refractivity contribution is 5.83. The van der Waals surface area contributed by atoms with E-state index in [2.05, 4.69) is 13.2 Å². The minimum atomic E-state index is -1.05. The molecule has 4 aliphatic rings. The van der Waals surface area contributed by atoms with Gasteiger partial charge in [-0.1, -0.05) is 12.2 Å². The van der Waals surface area contributed by atoms with Crippen molar-refractivity contribution >= 4 is 5.78 Å². The second-order valence-electron chi connectivity index (χ2n) is 9.54. The van der Waals surface area contributed by atoms with Gasteiger partial charge in [0.15, 0.2) is 18.3 Å². The van der Waals surface area contributed by atoms with Gasteiger partial charge in [0.05, 0.1) is 6.42 Å². The first-order chi connectivity index (χ1) is 15.3. The molecular formula is C25H30O7. The van der Waals surface area contributed by atoms with E-state index in [1.165, 1.54) is 0 Å². The van der Waals surface area contributed by atoms with Crippen LogP contribution in [-0.2, 0) is 25.4 Å². The fourth-order valence-corrected chi connectivity index (χ4v) is 5.37. The van der Waals surface area contributed by atoms with Crippen LogP contribution < -0.4 is 14.2 Å². The molecule has 1 aliphatic carbocycles. The fraction of sp³-hybridized carbons (Fsp3) is 0.560. The molecule has 0 amide bonds. The van der Waals surface area contributed by atoms with E-state index in [1.807, 2.05) is 32.1 Å². The number of fused-ring (bicyclic) bond motifs is 1. The first-order valence-electron chi connectivity index (χ1n) is 11.1. The average Bonchev–Trinajstić information content (AvgIpc) is 3.40. The molecule has 3 heterocycles. The van der Waals surface area contributed by atoms with Crippen LogP contribution in [0.3, 0.4) is 0 Å². The van der Waals surface area contributed by atoms with Gasteiger partial charge >= 0.3 is 0 Å². The average molecular weight is 443 g/mol. The highest BCUT2D eigenvalue weighted by atomic mass is 16.8. The van der Waals surface area contributed by atoms with Crippen LogP contribution in [0, 0.1) is 5.92 Å². The molecule has 0 unspecified atom stereocenters. The van der Waals surface area contributed by atoms with E-state index in [0.29, 0.717) is 42.9 Å². The molecule has 1 saturated carbocycles. The number of ketones is 1. The van der Waals surface area contributed by atoms with Crippen molar-refractivity contribution in [2.45, 2.75) is 69.0 Å². The summed E-state index contributed by atoms with van der Waals surface area (Å²) in [7, 11) is 0. The number of allylic oxidation sites excluding steroid dienone is 2. The van der Waals surface area contributed by atoms with Crippen LogP contribution in [0.25, 0.3) is 0 Å². The first kappa shape index (κ1) is 21.5. The molecule has 0 spiro atoms. The molecule has 1 aromatic carbocycles. The monoisotopic (exact) mass is 442 g/mol. The zero-order chi connectivity index (χ0) is 22.6. The molecule has 2 saturated heterocycles. The summed E-state index contributed by atoms with van der Waals surface area (Å²) < 4.78 is 36.2. The minimum absolute atomic E-state index is 0.123. The Labute approximate surface area is 188 Å². The lowest BCUT2D eigenvalue weighted by Gasteiger charge is -2.41. The molecule has 3 fully saturated rings. The van der Waals surface area contributed by atoms with Crippen molar-refractivity contribution in [2.24, 2.45) is 5.92 Å². The summed E-state index contributed by atoms with van der Waals surface area (Å²) in [5.74, 6) is 1.02. The van der Waals surface area contributed by atoms with Crippen molar-refractivity contribution in [3.63, 3.8) is 0 Å². The molecule has 1 aromatic rings. The Balaban J connectivity index is 1.42. The van der Waals surface area contributed by atoms with Gasteiger partial charge in [-0.05, 0) is 39.2 Å². The summed E-state index contributed by atoms with van der Waals surface area (Å²) in [5, 5.41) is 0. The SMILES string of the molecule is C=CCc1cc2c(cc1OC(C)(C)[C@H]1C[C@@]34C[C@@H](CC=C)C(=O)C[C@@]3(OCO4)O1)OCO2. The lowest BCUT2D eigenvalue weighted by Crippen LogP contribution is -2.55. The molecular weight excluding hydrogens is 412 g/mol. The highest BCUT2D eigenvalue weighted by Gasteiger charge is 2.71. The molecule has 0 bridgehead atoms. The third-order valence-corrected chi connectivity index (χ3v) is 7.13. The van der Waals surface area contributed by atoms with Gasteiger partial charge < -0.3 is 28.4 Å². The number of Topliss-reactive ketones (excluding diaryl/α,β-unsaturated/α-hetero) is 1. The molecule has 0 aromatic heterocycles. The molecule has 0 N–H and O–H groups in total. The van der Waals surface area contributed by atoms with Gasteiger partial charge in [-0.3, -0.25) is 4.79 Å². The second-order valence-corrected chi connectivity index (χ2v) is 9.54. The molecule has 4 atom stereocenters. The highest BCUT2D eigenvalue weighted by Crippen LogP contribution is 2.58. The summed E-state index contributed by atoms with van der Waals surface area (Å²) in [4.78, 5) is 12.8. The van der Waals surface area contributed by atoms with Crippen LogP contribution in [0.1, 0.15) is 45.1 Å². The summed E-state index contributed by atoms with van der Waals surface area (Å²) in [6, 6.07) is 3.79. The number of benzene rings is 1. The number of carbonyl (C=O) groups is 1. The predicted molar refractivity (Wildman–Crippen MR) is 116 cm³/mol. The Bertz CT molecular complexity index is 954. The van der Waals surface area contributed by atoms with Gasteiger partial charge in [-0.25, -0.2) is 0 Å². The smallest absolute Gasteiger partial charge is 0.231 e. The van der Waals surface area contributed by atoms with Crippen LogP contribution in [0.2, 0.25) is 0 Å². The van der Waals surface area contributed by atoms with Crippen molar-refractivity contribution in [3.8, 4) is 17.2 Å². The maximum Gasteiger partial charge on any atom is 0.231 e. The lowest BCUT2D eigenvalue weighted by atomic mass is 9.70. The van der Waals surface area contributed by atoms with Gasteiger partial charge in [0, 0.05) is 24.0 Å². The second kappa shape index (κ2) is 7.61. The van der Waals surface area contributed by atoms with Gasteiger partial charge in [0.1, 0.15) is 28.8 Å². The summed E-state index contributed by atoms with van der Waals surface area (Å²) in [6.07, 6.45) is 5.89. The minimum Gasteiger partial charge on any atom is -0.485 e. The Morgan fingerprint density at radius 3 is 2.66 bits per heavy atom. The Hall–Kier alpha value is -2.35. The third kappa shape index (κ3) is 3.26. The topological polar surface area (TPSA) is 72.5 Å². The van der Waals surface area contributed by atoms with Crippen LogP contribution >= 0.6 is 0 Å². The van der Waals surface area contributed by atoms with E-state index >= 15 is 0 Å². The predicted octanol–water partition coefficient (Wildman–Crippen LogP) is 4.08. The van der Waals surface area contributed by atoms with Gasteiger partial charge in [0.25, 0.3) is 0 Å². The van der Waals surface area contributed by atoms with Crippen molar-refractivity contribution < 1.29 is 33.2 Å². The Morgan fingerprint density at radius 2 is 1.91 bits per heavy atom. The standard InChI is InChI=1S/C25H30O7/c1-5-7-16-9-20-21(28-14-27-20)10-19(16)31-23(3,4)22-13-24-11-17(8-6-2)18(26)12-25(24,32-22)30-15-29-24/h5-6,9-10,17,22H,1-2,7-8,11-15H2,3-4H3/t17-,22-,24+,25-/m1/s1. The normalized spacial score (nSPS) is 33.0. The number of hydrogen-bond acceptors (Lipinski definition) is 7. The molecule has 5 rings (SSSR count). The van der Waals surface area contributed by atoms with E-state index in [1.54, 1.807) is 6.08 Å². The van der Waals surface area contributed by atoms with Gasteiger partial charge in [0.2, 0.25) is 12.6 Å². The Kier molecular flexibility index (Phi) is 5.11. The van der Waals surface area contributed by atoms with E-state index < -0.39 is 17.0 Å².